The van der Waals surface area contributed by atoms with E-state index in [2.05, 4.69) is 37.6 Å². The van der Waals surface area contributed by atoms with E-state index in [1.165, 1.54) is 19.4 Å². The molecule has 20 heavy (non-hydrogen) atoms. The third-order valence-corrected chi connectivity index (χ3v) is 5.26. The van der Waals surface area contributed by atoms with Gasteiger partial charge in [0.25, 0.3) is 0 Å². The minimum Gasteiger partial charge on any atom is -0.304 e. The van der Waals surface area contributed by atoms with Crippen molar-refractivity contribution < 1.29 is 4.79 Å². The fraction of sp³-hybridized carbons (Fsp3) is 0.941. The van der Waals surface area contributed by atoms with Gasteiger partial charge in [-0.25, -0.2) is 0 Å². The number of rotatable bonds is 5. The average Bonchev–Trinajstić information content (AvgIpc) is 2.80. The SMILES string of the molecule is CCN1CCCC1CN(C)CC1CC(C)(C)CCC1=O. The van der Waals surface area contributed by atoms with Crippen molar-refractivity contribution in [2.75, 3.05) is 33.2 Å². The van der Waals surface area contributed by atoms with Crippen LogP contribution >= 0.6 is 0 Å². The fourth-order valence-corrected chi connectivity index (χ4v) is 4.04. The van der Waals surface area contributed by atoms with Crippen LogP contribution in [0.5, 0.6) is 0 Å². The number of hydrogen-bond acceptors (Lipinski definition) is 3. The molecule has 1 heterocycles. The van der Waals surface area contributed by atoms with Gasteiger partial charge >= 0.3 is 0 Å². The number of nitrogens with zero attached hydrogens (tertiary/aromatic N) is 2. The first-order valence-electron chi connectivity index (χ1n) is 8.36. The Morgan fingerprint density at radius 2 is 2.10 bits per heavy atom. The summed E-state index contributed by atoms with van der Waals surface area (Å²) in [5.41, 5.74) is 0.349. The predicted octanol–water partition coefficient (Wildman–Crippen LogP) is 2.80. The minimum absolute atomic E-state index is 0.264. The lowest BCUT2D eigenvalue weighted by Crippen LogP contribution is -2.43. The first kappa shape index (κ1) is 16.0. The lowest BCUT2D eigenvalue weighted by atomic mass is 9.71. The molecule has 1 aliphatic heterocycles. The second-order valence-corrected chi connectivity index (χ2v) is 7.68. The predicted molar refractivity (Wildman–Crippen MR) is 83.9 cm³/mol. The second kappa shape index (κ2) is 6.57. The van der Waals surface area contributed by atoms with E-state index in [-0.39, 0.29) is 5.92 Å². The molecule has 0 N–H and O–H groups in total. The molecule has 0 spiro atoms. The van der Waals surface area contributed by atoms with Gasteiger partial charge in [0.05, 0.1) is 0 Å². The quantitative estimate of drug-likeness (QED) is 0.773. The average molecular weight is 280 g/mol. The Labute approximate surface area is 124 Å². The molecule has 0 radical (unpaired) electrons. The highest BCUT2D eigenvalue weighted by atomic mass is 16.1. The van der Waals surface area contributed by atoms with Crippen LogP contribution in [0.2, 0.25) is 0 Å². The van der Waals surface area contributed by atoms with E-state index in [4.69, 9.17) is 0 Å². The summed E-state index contributed by atoms with van der Waals surface area (Å²) in [6, 6.07) is 0.705. The Balaban J connectivity index is 1.84. The molecule has 2 fully saturated rings. The standard InChI is InChI=1S/C17H32N2O/c1-5-19-10-6-7-15(19)13-18(4)12-14-11-17(2,3)9-8-16(14)20/h14-15H,5-13H2,1-4H3. The van der Waals surface area contributed by atoms with Crippen LogP contribution in [0.25, 0.3) is 0 Å². The molecular formula is C17H32N2O. The molecule has 0 bridgehead atoms. The summed E-state index contributed by atoms with van der Waals surface area (Å²) < 4.78 is 0. The third-order valence-electron chi connectivity index (χ3n) is 5.26. The molecule has 0 aromatic carbocycles. The number of Topliss-reactive ketones (excluding diaryl/α,β-unsaturated/α-hetero) is 1. The van der Waals surface area contributed by atoms with E-state index in [9.17, 15) is 4.79 Å². The van der Waals surface area contributed by atoms with Crippen molar-refractivity contribution >= 4 is 5.78 Å². The number of likely N-dealkylation sites (tertiary alicyclic amines) is 1. The van der Waals surface area contributed by atoms with Crippen LogP contribution in [0.15, 0.2) is 0 Å². The zero-order valence-corrected chi connectivity index (χ0v) is 13.8. The van der Waals surface area contributed by atoms with E-state index >= 15 is 0 Å². The zero-order chi connectivity index (χ0) is 14.8. The van der Waals surface area contributed by atoms with Gasteiger partial charge in [0, 0.05) is 31.5 Å². The summed E-state index contributed by atoms with van der Waals surface area (Å²) in [5.74, 6) is 0.759. The Morgan fingerprint density at radius 3 is 2.80 bits per heavy atom. The maximum Gasteiger partial charge on any atom is 0.137 e. The number of carbonyl (C=O) groups excluding carboxylic acids is 1. The summed E-state index contributed by atoms with van der Waals surface area (Å²) in [5, 5.41) is 0. The molecule has 116 valence electrons. The third kappa shape index (κ3) is 4.05. The van der Waals surface area contributed by atoms with Crippen molar-refractivity contribution in [3.05, 3.63) is 0 Å². The molecule has 2 rings (SSSR count). The van der Waals surface area contributed by atoms with Gasteiger partial charge in [0.15, 0.2) is 0 Å². The van der Waals surface area contributed by atoms with Crippen LogP contribution in [0.1, 0.15) is 52.9 Å². The van der Waals surface area contributed by atoms with Crippen molar-refractivity contribution in [1.29, 1.82) is 0 Å². The summed E-state index contributed by atoms with van der Waals surface area (Å²) in [6.45, 7) is 11.4. The van der Waals surface area contributed by atoms with Gasteiger partial charge in [0.2, 0.25) is 0 Å². The first-order valence-corrected chi connectivity index (χ1v) is 8.36. The Kier molecular flexibility index (Phi) is 5.25. The van der Waals surface area contributed by atoms with Crippen molar-refractivity contribution in [2.24, 2.45) is 11.3 Å². The molecule has 0 aromatic rings. The van der Waals surface area contributed by atoms with Crippen molar-refractivity contribution in [3.8, 4) is 0 Å². The molecule has 3 nitrogen and oxygen atoms in total. The lowest BCUT2D eigenvalue weighted by Gasteiger charge is -2.37. The van der Waals surface area contributed by atoms with Crippen molar-refractivity contribution in [2.45, 2.75) is 58.9 Å². The van der Waals surface area contributed by atoms with E-state index in [0.717, 1.165) is 38.9 Å². The van der Waals surface area contributed by atoms with Crippen LogP contribution in [-0.4, -0.2) is 54.9 Å². The molecule has 1 saturated heterocycles. The smallest absolute Gasteiger partial charge is 0.137 e. The topological polar surface area (TPSA) is 23.6 Å². The first-order chi connectivity index (χ1) is 9.41. The van der Waals surface area contributed by atoms with Crippen LogP contribution in [0.3, 0.4) is 0 Å². The van der Waals surface area contributed by atoms with Crippen LogP contribution in [0, 0.1) is 11.3 Å². The van der Waals surface area contributed by atoms with Gasteiger partial charge in [-0.1, -0.05) is 20.8 Å². The molecule has 2 unspecified atom stereocenters. The van der Waals surface area contributed by atoms with E-state index in [1.54, 1.807) is 0 Å². The van der Waals surface area contributed by atoms with Crippen molar-refractivity contribution in [1.82, 2.24) is 9.80 Å². The van der Waals surface area contributed by atoms with Gasteiger partial charge < -0.3 is 4.90 Å². The van der Waals surface area contributed by atoms with E-state index in [0.29, 0.717) is 17.2 Å². The Morgan fingerprint density at radius 1 is 1.35 bits per heavy atom. The molecule has 2 aliphatic rings. The highest BCUT2D eigenvalue weighted by molar-refractivity contribution is 5.82. The molecule has 1 aliphatic carbocycles. The van der Waals surface area contributed by atoms with Crippen LogP contribution in [0.4, 0.5) is 0 Å². The highest BCUT2D eigenvalue weighted by Gasteiger charge is 2.34. The van der Waals surface area contributed by atoms with Gasteiger partial charge in [0.1, 0.15) is 5.78 Å². The number of hydrogen-bond donors (Lipinski definition) is 0. The molecule has 0 amide bonds. The van der Waals surface area contributed by atoms with E-state index < -0.39 is 0 Å². The van der Waals surface area contributed by atoms with Gasteiger partial charge in [-0.3, -0.25) is 9.69 Å². The molecule has 1 saturated carbocycles. The summed E-state index contributed by atoms with van der Waals surface area (Å²) in [7, 11) is 2.20. The molecular weight excluding hydrogens is 248 g/mol. The maximum atomic E-state index is 12.1. The van der Waals surface area contributed by atoms with E-state index in [1.807, 2.05) is 0 Å². The number of ketones is 1. The monoisotopic (exact) mass is 280 g/mol. The second-order valence-electron chi connectivity index (χ2n) is 7.68. The fourth-order valence-electron chi connectivity index (χ4n) is 4.04. The summed E-state index contributed by atoms with van der Waals surface area (Å²) >= 11 is 0. The van der Waals surface area contributed by atoms with Gasteiger partial charge in [-0.2, -0.15) is 0 Å². The maximum absolute atomic E-state index is 12.1. The zero-order valence-electron chi connectivity index (χ0n) is 13.8. The number of carbonyl (C=O) groups is 1. The molecule has 3 heteroatoms. The summed E-state index contributed by atoms with van der Waals surface area (Å²) in [4.78, 5) is 17.1. The summed E-state index contributed by atoms with van der Waals surface area (Å²) in [6.07, 6.45) is 5.58. The minimum atomic E-state index is 0.264. The highest BCUT2D eigenvalue weighted by Crippen LogP contribution is 2.37. The normalized spacial score (nSPS) is 31.1. The van der Waals surface area contributed by atoms with Crippen molar-refractivity contribution in [3.63, 3.8) is 0 Å². The Bertz CT molecular complexity index is 340. The van der Waals surface area contributed by atoms with Crippen LogP contribution in [-0.2, 0) is 4.79 Å². The lowest BCUT2D eigenvalue weighted by molar-refractivity contribution is -0.127. The van der Waals surface area contributed by atoms with Gasteiger partial charge in [-0.15, -0.1) is 0 Å². The Hall–Kier alpha value is -0.410. The largest absolute Gasteiger partial charge is 0.304 e. The molecule has 0 aromatic heterocycles. The molecule has 2 atom stereocenters. The van der Waals surface area contributed by atoms with Crippen LogP contribution < -0.4 is 0 Å². The van der Waals surface area contributed by atoms with Gasteiger partial charge in [-0.05, 0) is 51.2 Å². The number of likely N-dealkylation sites (N-methyl/N-ethyl adjacent to an activating group) is 2.